The van der Waals surface area contributed by atoms with Crippen LogP contribution >= 0.6 is 0 Å². The van der Waals surface area contributed by atoms with Gasteiger partial charge in [0, 0.05) is 25.2 Å². The number of nitrogens with zero attached hydrogens (tertiary/aromatic N) is 4. The van der Waals surface area contributed by atoms with Crippen LogP contribution in [0.5, 0.6) is 5.75 Å². The van der Waals surface area contributed by atoms with E-state index in [1.807, 2.05) is 41.2 Å². The zero-order valence-corrected chi connectivity index (χ0v) is 12.3. The number of likely N-dealkylation sites (tertiary alicyclic amines) is 1. The summed E-state index contributed by atoms with van der Waals surface area (Å²) in [6.45, 7) is 1.45. The summed E-state index contributed by atoms with van der Waals surface area (Å²) in [6.07, 6.45) is 4.49. The van der Waals surface area contributed by atoms with Gasteiger partial charge < -0.3 is 9.64 Å². The van der Waals surface area contributed by atoms with E-state index in [0.29, 0.717) is 19.0 Å². The van der Waals surface area contributed by atoms with Gasteiger partial charge in [0.2, 0.25) is 0 Å². The van der Waals surface area contributed by atoms with E-state index >= 15 is 0 Å². The lowest BCUT2D eigenvalue weighted by Gasteiger charge is -2.38. The van der Waals surface area contributed by atoms with Crippen LogP contribution in [0.1, 0.15) is 30.5 Å². The summed E-state index contributed by atoms with van der Waals surface area (Å²) in [5.41, 5.74) is 1.09. The lowest BCUT2D eigenvalue weighted by Crippen LogP contribution is -2.52. The number of benzene rings is 1. The molecular formula is C16H18N4O2. The molecule has 0 N–H and O–H groups in total. The molecule has 2 heterocycles. The maximum atomic E-state index is 12.1. The van der Waals surface area contributed by atoms with Gasteiger partial charge in [-0.05, 0) is 25.0 Å². The molecule has 114 valence electrons. The van der Waals surface area contributed by atoms with Crippen molar-refractivity contribution < 1.29 is 9.53 Å². The Morgan fingerprint density at radius 2 is 2.00 bits per heavy atom. The Morgan fingerprint density at radius 3 is 2.73 bits per heavy atom. The van der Waals surface area contributed by atoms with Crippen molar-refractivity contribution in [3.8, 4) is 5.75 Å². The van der Waals surface area contributed by atoms with E-state index in [0.717, 1.165) is 11.4 Å². The molecule has 1 saturated carbocycles. The number of carbonyl (C=O) groups is 1. The summed E-state index contributed by atoms with van der Waals surface area (Å²) < 4.78 is 7.38. The molecule has 0 spiro atoms. The minimum Gasteiger partial charge on any atom is -0.484 e. The predicted octanol–water partition coefficient (Wildman–Crippen LogP) is 1.62. The molecule has 0 radical (unpaired) electrons. The van der Waals surface area contributed by atoms with Crippen LogP contribution in [0.2, 0.25) is 0 Å². The molecule has 2 aliphatic rings. The molecule has 1 aliphatic heterocycles. The molecule has 1 aliphatic carbocycles. The summed E-state index contributed by atoms with van der Waals surface area (Å²) in [5, 5.41) is 8.40. The smallest absolute Gasteiger partial charge is 0.260 e. The van der Waals surface area contributed by atoms with E-state index in [9.17, 15) is 4.79 Å². The van der Waals surface area contributed by atoms with Crippen LogP contribution in [0, 0.1) is 0 Å². The third kappa shape index (κ3) is 2.68. The summed E-state index contributed by atoms with van der Waals surface area (Å²) in [7, 11) is 0. The lowest BCUT2D eigenvalue weighted by molar-refractivity contribution is -0.139. The van der Waals surface area contributed by atoms with Crippen molar-refractivity contribution in [3.05, 3.63) is 42.2 Å². The van der Waals surface area contributed by atoms with E-state index in [2.05, 4.69) is 10.3 Å². The lowest BCUT2D eigenvalue weighted by atomic mass is 10.1. The molecule has 2 fully saturated rings. The minimum absolute atomic E-state index is 0.0163. The van der Waals surface area contributed by atoms with E-state index < -0.39 is 0 Å². The Labute approximate surface area is 128 Å². The molecular weight excluding hydrogens is 280 g/mol. The maximum absolute atomic E-state index is 12.1. The van der Waals surface area contributed by atoms with Crippen molar-refractivity contribution in [2.45, 2.75) is 24.8 Å². The van der Waals surface area contributed by atoms with Gasteiger partial charge in [-0.3, -0.25) is 4.79 Å². The van der Waals surface area contributed by atoms with E-state index in [1.165, 1.54) is 12.8 Å². The van der Waals surface area contributed by atoms with Crippen LogP contribution < -0.4 is 4.74 Å². The molecule has 0 unspecified atom stereocenters. The second-order valence-electron chi connectivity index (χ2n) is 5.95. The molecule has 6 heteroatoms. The van der Waals surface area contributed by atoms with Crippen molar-refractivity contribution in [1.82, 2.24) is 19.9 Å². The molecule has 1 amide bonds. The van der Waals surface area contributed by atoms with E-state index in [1.54, 1.807) is 4.90 Å². The van der Waals surface area contributed by atoms with Crippen LogP contribution in [-0.2, 0) is 4.79 Å². The monoisotopic (exact) mass is 298 g/mol. The number of carbonyl (C=O) groups excluding carboxylic acids is 1. The van der Waals surface area contributed by atoms with Gasteiger partial charge in [-0.15, -0.1) is 5.10 Å². The molecule has 22 heavy (non-hydrogen) atoms. The Balaban J connectivity index is 1.26. The molecule has 1 aromatic heterocycles. The molecule has 6 nitrogen and oxygen atoms in total. The molecule has 1 saturated heterocycles. The van der Waals surface area contributed by atoms with Crippen LogP contribution in [0.4, 0.5) is 0 Å². The Hall–Kier alpha value is -2.37. The SMILES string of the molecule is O=C(COc1ccccc1)N1CC(n2cc(C3CC3)nn2)C1. The van der Waals surface area contributed by atoms with Crippen molar-refractivity contribution in [2.24, 2.45) is 0 Å². The first-order chi connectivity index (χ1) is 10.8. The quantitative estimate of drug-likeness (QED) is 0.841. The molecule has 4 rings (SSSR count). The predicted molar refractivity (Wildman–Crippen MR) is 79.6 cm³/mol. The highest BCUT2D eigenvalue weighted by Crippen LogP contribution is 2.39. The van der Waals surface area contributed by atoms with E-state index in [-0.39, 0.29) is 18.6 Å². The van der Waals surface area contributed by atoms with Crippen molar-refractivity contribution >= 4 is 5.91 Å². The Bertz CT molecular complexity index is 660. The third-order valence-corrected chi connectivity index (χ3v) is 4.22. The van der Waals surface area contributed by atoms with E-state index in [4.69, 9.17) is 4.74 Å². The number of hydrogen-bond acceptors (Lipinski definition) is 4. The summed E-state index contributed by atoms with van der Waals surface area (Å²) in [6, 6.07) is 9.65. The zero-order valence-electron chi connectivity index (χ0n) is 12.3. The van der Waals surface area contributed by atoms with Crippen LogP contribution in [0.25, 0.3) is 0 Å². The van der Waals surface area contributed by atoms with Crippen LogP contribution in [0.15, 0.2) is 36.5 Å². The van der Waals surface area contributed by atoms with Gasteiger partial charge in [0.25, 0.3) is 5.91 Å². The van der Waals surface area contributed by atoms with Crippen molar-refractivity contribution in [3.63, 3.8) is 0 Å². The first kappa shape index (κ1) is 13.3. The van der Waals surface area contributed by atoms with Crippen LogP contribution in [-0.4, -0.2) is 45.5 Å². The average molecular weight is 298 g/mol. The largest absolute Gasteiger partial charge is 0.484 e. The molecule has 2 aromatic rings. The average Bonchev–Trinajstić information content (AvgIpc) is 3.24. The fourth-order valence-electron chi connectivity index (χ4n) is 2.61. The number of hydrogen-bond donors (Lipinski definition) is 0. The van der Waals surface area contributed by atoms with Gasteiger partial charge in [-0.1, -0.05) is 23.4 Å². The Morgan fingerprint density at radius 1 is 1.23 bits per heavy atom. The number of aromatic nitrogens is 3. The number of rotatable bonds is 5. The van der Waals surface area contributed by atoms with Gasteiger partial charge in [0.1, 0.15) is 5.75 Å². The molecule has 0 atom stereocenters. The fourth-order valence-corrected chi connectivity index (χ4v) is 2.61. The topological polar surface area (TPSA) is 60.2 Å². The first-order valence-electron chi connectivity index (χ1n) is 7.67. The van der Waals surface area contributed by atoms with Gasteiger partial charge >= 0.3 is 0 Å². The highest BCUT2D eigenvalue weighted by Gasteiger charge is 2.34. The molecule has 0 bridgehead atoms. The number of ether oxygens (including phenoxy) is 1. The standard InChI is InChI=1S/C16H18N4O2/c21-16(11-22-14-4-2-1-3-5-14)19-8-13(9-19)20-10-15(17-18-20)12-6-7-12/h1-5,10,12-13H,6-9,11H2. The number of para-hydroxylation sites is 1. The van der Waals surface area contributed by atoms with Gasteiger partial charge in [0.15, 0.2) is 6.61 Å². The van der Waals surface area contributed by atoms with Gasteiger partial charge in [-0.25, -0.2) is 4.68 Å². The fraction of sp³-hybridized carbons (Fsp3) is 0.438. The van der Waals surface area contributed by atoms with Crippen molar-refractivity contribution in [1.29, 1.82) is 0 Å². The maximum Gasteiger partial charge on any atom is 0.260 e. The second kappa shape index (κ2) is 5.44. The van der Waals surface area contributed by atoms with Gasteiger partial charge in [0.05, 0.1) is 11.7 Å². The third-order valence-electron chi connectivity index (χ3n) is 4.22. The van der Waals surface area contributed by atoms with Crippen molar-refractivity contribution in [2.75, 3.05) is 19.7 Å². The summed E-state index contributed by atoms with van der Waals surface area (Å²) in [4.78, 5) is 13.9. The zero-order chi connectivity index (χ0) is 14.9. The molecule has 1 aromatic carbocycles. The van der Waals surface area contributed by atoms with Gasteiger partial charge in [-0.2, -0.15) is 0 Å². The Kier molecular flexibility index (Phi) is 3.29. The highest BCUT2D eigenvalue weighted by atomic mass is 16.5. The number of amides is 1. The first-order valence-corrected chi connectivity index (χ1v) is 7.67. The second-order valence-corrected chi connectivity index (χ2v) is 5.95. The minimum atomic E-state index is 0.0163. The van der Waals surface area contributed by atoms with Crippen LogP contribution in [0.3, 0.4) is 0 Å². The normalized spacial score (nSPS) is 18.1. The summed E-state index contributed by atoms with van der Waals surface area (Å²) >= 11 is 0. The highest BCUT2D eigenvalue weighted by molar-refractivity contribution is 5.78. The summed E-state index contributed by atoms with van der Waals surface area (Å²) in [5.74, 6) is 1.35.